The Labute approximate surface area is 139 Å². The predicted molar refractivity (Wildman–Crippen MR) is 86.0 cm³/mol. The zero-order valence-electron chi connectivity index (χ0n) is 13.8. The van der Waals surface area contributed by atoms with Gasteiger partial charge in [-0.25, -0.2) is 4.98 Å². The average Bonchev–Trinajstić information content (AvgIpc) is 3.22. The van der Waals surface area contributed by atoms with E-state index in [9.17, 15) is 9.59 Å². The first-order valence-corrected chi connectivity index (χ1v) is 8.44. The topological polar surface area (TPSA) is 88.5 Å². The van der Waals surface area contributed by atoms with Crippen LogP contribution >= 0.6 is 0 Å². The molecule has 0 unspecified atom stereocenters. The molecule has 0 radical (unpaired) electrons. The summed E-state index contributed by atoms with van der Waals surface area (Å²) in [6.45, 7) is 0.464. The molecule has 7 heteroatoms. The first-order valence-electron chi connectivity index (χ1n) is 8.44. The summed E-state index contributed by atoms with van der Waals surface area (Å²) >= 11 is 0. The van der Waals surface area contributed by atoms with E-state index in [0.717, 1.165) is 50.0 Å². The highest BCUT2D eigenvalue weighted by Gasteiger charge is 2.55. The van der Waals surface area contributed by atoms with Crippen LogP contribution in [0.3, 0.4) is 0 Å². The van der Waals surface area contributed by atoms with Crippen LogP contribution in [0.15, 0.2) is 18.6 Å². The largest absolute Gasteiger partial charge is 0.469 e. The molecule has 0 spiro atoms. The number of methoxy groups -OCH3 is 1. The lowest BCUT2D eigenvalue weighted by atomic mass is 9.53. The van der Waals surface area contributed by atoms with Crippen LogP contribution < -0.4 is 5.32 Å². The Balaban J connectivity index is 1.40. The van der Waals surface area contributed by atoms with E-state index in [1.54, 1.807) is 6.20 Å². The van der Waals surface area contributed by atoms with E-state index < -0.39 is 0 Å². The van der Waals surface area contributed by atoms with Crippen LogP contribution in [0.1, 0.15) is 44.2 Å². The summed E-state index contributed by atoms with van der Waals surface area (Å²) in [5.74, 6) is 0.773. The summed E-state index contributed by atoms with van der Waals surface area (Å²) in [4.78, 5) is 32.2. The molecule has 7 nitrogen and oxygen atoms in total. The van der Waals surface area contributed by atoms with Crippen molar-refractivity contribution >= 4 is 17.7 Å². The molecule has 0 aromatic carbocycles. The van der Waals surface area contributed by atoms with Gasteiger partial charge in [-0.2, -0.15) is 0 Å². The molecule has 0 saturated heterocycles. The lowest BCUT2D eigenvalue weighted by molar-refractivity contribution is -0.166. The second-order valence-corrected chi connectivity index (χ2v) is 7.17. The third-order valence-corrected chi connectivity index (χ3v) is 6.02. The van der Waals surface area contributed by atoms with Crippen molar-refractivity contribution in [3.63, 3.8) is 0 Å². The van der Waals surface area contributed by atoms with Gasteiger partial charge >= 0.3 is 5.97 Å². The summed E-state index contributed by atoms with van der Waals surface area (Å²) in [7, 11) is 1.45. The van der Waals surface area contributed by atoms with E-state index in [1.165, 1.54) is 7.11 Å². The fourth-order valence-electron chi connectivity index (χ4n) is 4.36. The van der Waals surface area contributed by atoms with Crippen LogP contribution in [-0.2, 0) is 20.9 Å². The van der Waals surface area contributed by atoms with Crippen LogP contribution in [-0.4, -0.2) is 33.4 Å². The van der Waals surface area contributed by atoms with Gasteiger partial charge in [0.15, 0.2) is 0 Å². The SMILES string of the molecule is COC(=O)C12CCC(C(=O)NCc3cn4ccnc4[nH]3)(CC1)CC2. The maximum absolute atomic E-state index is 12.8. The van der Waals surface area contributed by atoms with Crippen molar-refractivity contribution in [2.45, 2.75) is 45.1 Å². The first-order chi connectivity index (χ1) is 11.6. The molecule has 0 atom stereocenters. The molecule has 5 rings (SSSR count). The van der Waals surface area contributed by atoms with Gasteiger partial charge in [-0.15, -0.1) is 0 Å². The molecular formula is C17H22N4O3. The van der Waals surface area contributed by atoms with Crippen molar-refractivity contribution in [3.8, 4) is 0 Å². The number of nitrogens with one attached hydrogen (secondary N) is 2. The number of H-pyrrole nitrogens is 1. The monoisotopic (exact) mass is 330 g/mol. The summed E-state index contributed by atoms with van der Waals surface area (Å²) in [5, 5.41) is 3.06. The Morgan fingerprint density at radius 1 is 1.25 bits per heavy atom. The Kier molecular flexibility index (Phi) is 3.40. The molecule has 2 heterocycles. The smallest absolute Gasteiger partial charge is 0.311 e. The molecule has 2 N–H and O–H groups in total. The van der Waals surface area contributed by atoms with E-state index >= 15 is 0 Å². The van der Waals surface area contributed by atoms with E-state index in [2.05, 4.69) is 15.3 Å². The van der Waals surface area contributed by atoms with Crippen molar-refractivity contribution in [1.29, 1.82) is 0 Å². The molecule has 3 saturated carbocycles. The molecule has 3 aliphatic rings. The van der Waals surface area contributed by atoms with Gasteiger partial charge in [-0.3, -0.25) is 14.0 Å². The number of nitrogens with zero attached hydrogens (tertiary/aromatic N) is 2. The van der Waals surface area contributed by atoms with Crippen molar-refractivity contribution in [1.82, 2.24) is 19.7 Å². The number of esters is 1. The number of hydrogen-bond donors (Lipinski definition) is 2. The Hall–Kier alpha value is -2.31. The highest BCUT2D eigenvalue weighted by molar-refractivity contribution is 5.85. The Morgan fingerprint density at radius 3 is 2.54 bits per heavy atom. The quantitative estimate of drug-likeness (QED) is 0.837. The first kappa shape index (κ1) is 15.2. The standard InChI is InChI=1S/C17H22N4O3/c1-24-14(23)17-5-2-16(3-6-17,4-7-17)13(22)19-10-12-11-21-9-8-18-15(21)20-12/h8-9,11H,2-7,10H2,1H3,(H,18,20)(H,19,22). The van der Waals surface area contributed by atoms with Crippen LogP contribution in [0.4, 0.5) is 0 Å². The molecule has 2 aromatic rings. The van der Waals surface area contributed by atoms with Crippen LogP contribution in [0.5, 0.6) is 0 Å². The van der Waals surface area contributed by atoms with Gasteiger partial charge in [0.1, 0.15) is 0 Å². The third kappa shape index (κ3) is 2.22. The third-order valence-electron chi connectivity index (χ3n) is 6.02. The summed E-state index contributed by atoms with van der Waals surface area (Å²) < 4.78 is 6.87. The van der Waals surface area contributed by atoms with E-state index in [1.807, 2.05) is 16.8 Å². The lowest BCUT2D eigenvalue weighted by Gasteiger charge is -2.50. The zero-order chi connectivity index (χ0) is 16.8. The highest BCUT2D eigenvalue weighted by Crippen LogP contribution is 2.57. The molecule has 2 bridgehead atoms. The van der Waals surface area contributed by atoms with Crippen molar-refractivity contribution < 1.29 is 14.3 Å². The fraction of sp³-hybridized carbons (Fsp3) is 0.588. The molecule has 3 aliphatic carbocycles. The van der Waals surface area contributed by atoms with E-state index in [-0.39, 0.29) is 22.7 Å². The number of hydrogen-bond acceptors (Lipinski definition) is 4. The number of carbonyl (C=O) groups excluding carboxylic acids is 2. The number of rotatable bonds is 4. The van der Waals surface area contributed by atoms with Gasteiger partial charge in [-0.1, -0.05) is 0 Å². The summed E-state index contributed by atoms with van der Waals surface area (Å²) in [6, 6.07) is 0. The Morgan fingerprint density at radius 2 is 1.92 bits per heavy atom. The van der Waals surface area contributed by atoms with Crippen molar-refractivity contribution in [2.24, 2.45) is 10.8 Å². The lowest BCUT2D eigenvalue weighted by Crippen LogP contribution is -2.52. The summed E-state index contributed by atoms with van der Waals surface area (Å²) in [5.41, 5.74) is 0.266. The van der Waals surface area contributed by atoms with Crippen molar-refractivity contribution in [3.05, 3.63) is 24.3 Å². The van der Waals surface area contributed by atoms with Crippen LogP contribution in [0, 0.1) is 10.8 Å². The number of amides is 1. The second kappa shape index (κ2) is 5.36. The molecule has 24 heavy (non-hydrogen) atoms. The Bertz CT molecular complexity index is 738. The van der Waals surface area contributed by atoms with Crippen LogP contribution in [0.2, 0.25) is 0 Å². The minimum Gasteiger partial charge on any atom is -0.469 e. The van der Waals surface area contributed by atoms with Gasteiger partial charge in [0.2, 0.25) is 11.7 Å². The molecule has 3 fully saturated rings. The number of carbonyl (C=O) groups is 2. The van der Waals surface area contributed by atoms with E-state index in [4.69, 9.17) is 4.74 Å². The molecule has 128 valence electrons. The second-order valence-electron chi connectivity index (χ2n) is 7.17. The maximum atomic E-state index is 12.8. The molecule has 2 aromatic heterocycles. The number of aromatic nitrogens is 3. The van der Waals surface area contributed by atoms with Crippen molar-refractivity contribution in [2.75, 3.05) is 7.11 Å². The number of ether oxygens (including phenoxy) is 1. The minimum absolute atomic E-state index is 0.105. The molecule has 0 aliphatic heterocycles. The molecule has 1 amide bonds. The van der Waals surface area contributed by atoms with Gasteiger partial charge in [0.25, 0.3) is 0 Å². The van der Waals surface area contributed by atoms with Gasteiger partial charge in [-0.05, 0) is 38.5 Å². The highest BCUT2D eigenvalue weighted by atomic mass is 16.5. The van der Waals surface area contributed by atoms with Gasteiger partial charge in [0.05, 0.1) is 24.8 Å². The number of imidazole rings is 2. The number of fused-ring (bicyclic) bond motifs is 4. The minimum atomic E-state index is -0.346. The average molecular weight is 330 g/mol. The predicted octanol–water partition coefficient (Wildman–Crippen LogP) is 1.79. The fourth-order valence-corrected chi connectivity index (χ4v) is 4.36. The number of aromatic amines is 1. The maximum Gasteiger partial charge on any atom is 0.311 e. The normalized spacial score (nSPS) is 28.9. The molecular weight excluding hydrogens is 308 g/mol. The van der Waals surface area contributed by atoms with E-state index in [0.29, 0.717) is 6.54 Å². The van der Waals surface area contributed by atoms with Crippen LogP contribution in [0.25, 0.3) is 5.78 Å². The zero-order valence-corrected chi connectivity index (χ0v) is 13.8. The van der Waals surface area contributed by atoms with Gasteiger partial charge < -0.3 is 15.0 Å². The van der Waals surface area contributed by atoms with Gasteiger partial charge in [0, 0.05) is 24.0 Å². The summed E-state index contributed by atoms with van der Waals surface area (Å²) in [6.07, 6.45) is 10.1.